The van der Waals surface area contributed by atoms with Gasteiger partial charge in [-0.25, -0.2) is 4.98 Å². The molecule has 0 unspecified atom stereocenters. The Morgan fingerprint density at radius 2 is 1.90 bits per heavy atom. The summed E-state index contributed by atoms with van der Waals surface area (Å²) >= 11 is 0. The highest BCUT2D eigenvalue weighted by molar-refractivity contribution is 6.08. The van der Waals surface area contributed by atoms with Gasteiger partial charge >= 0.3 is 0 Å². The van der Waals surface area contributed by atoms with Gasteiger partial charge in [0.25, 0.3) is 5.91 Å². The number of aliphatic hydroxyl groups excluding tert-OH is 1. The first-order chi connectivity index (χ1) is 14.5. The lowest BCUT2D eigenvalue weighted by Crippen LogP contribution is -2.16. The van der Waals surface area contributed by atoms with Crippen LogP contribution in [-0.2, 0) is 0 Å². The molecule has 6 heteroatoms. The lowest BCUT2D eigenvalue weighted by Gasteiger charge is -2.13. The van der Waals surface area contributed by atoms with Crippen LogP contribution in [0.1, 0.15) is 21.5 Å². The third kappa shape index (κ3) is 4.04. The Morgan fingerprint density at radius 1 is 1.10 bits per heavy atom. The molecule has 6 nitrogen and oxygen atoms in total. The van der Waals surface area contributed by atoms with Crippen molar-refractivity contribution in [1.82, 2.24) is 9.38 Å². The number of nitrogens with one attached hydrogen (secondary N) is 2. The fourth-order valence-electron chi connectivity index (χ4n) is 3.41. The van der Waals surface area contributed by atoms with Crippen molar-refractivity contribution in [3.63, 3.8) is 0 Å². The lowest BCUT2D eigenvalue weighted by molar-refractivity contribution is 0.102. The van der Waals surface area contributed by atoms with Crippen LogP contribution in [0, 0.1) is 13.8 Å². The Morgan fingerprint density at radius 3 is 2.63 bits per heavy atom. The fraction of sp³-hybridized carbons (Fsp3) is 0.167. The molecule has 2 aromatic carbocycles. The summed E-state index contributed by atoms with van der Waals surface area (Å²) in [4.78, 5) is 17.5. The fourth-order valence-corrected chi connectivity index (χ4v) is 3.41. The monoisotopic (exact) mass is 400 g/mol. The lowest BCUT2D eigenvalue weighted by atomic mass is 10.1. The SMILES string of the molecule is Cc1ccc(C(=O)Nc2ccc(-c3cn4cccc(C)c4n3)cc2)c(NCCO)c1. The van der Waals surface area contributed by atoms with Gasteiger partial charge in [-0.1, -0.05) is 24.3 Å². The molecule has 1 amide bonds. The Bertz CT molecular complexity index is 1200. The molecule has 152 valence electrons. The molecule has 0 spiro atoms. The number of imidazole rings is 1. The minimum atomic E-state index is -0.202. The standard InChI is InChI=1S/C24H24N4O2/c1-16-5-10-20(21(14-16)25-11-13-29)24(30)26-19-8-6-18(7-9-19)22-15-28-12-3-4-17(2)23(28)27-22/h3-10,12,14-15,25,29H,11,13H2,1-2H3,(H,26,30). The van der Waals surface area contributed by atoms with Crippen LogP contribution in [0.4, 0.5) is 11.4 Å². The summed E-state index contributed by atoms with van der Waals surface area (Å²) < 4.78 is 2.01. The molecule has 4 aromatic rings. The Kier molecular flexibility index (Phi) is 5.50. The van der Waals surface area contributed by atoms with Crippen LogP contribution in [0.15, 0.2) is 67.0 Å². The topological polar surface area (TPSA) is 78.7 Å². The van der Waals surface area contributed by atoms with Crippen molar-refractivity contribution in [3.8, 4) is 11.3 Å². The van der Waals surface area contributed by atoms with E-state index in [-0.39, 0.29) is 12.5 Å². The van der Waals surface area contributed by atoms with Crippen LogP contribution in [-0.4, -0.2) is 33.6 Å². The van der Waals surface area contributed by atoms with Gasteiger partial charge in [0.05, 0.1) is 17.9 Å². The van der Waals surface area contributed by atoms with Crippen LogP contribution < -0.4 is 10.6 Å². The zero-order valence-electron chi connectivity index (χ0n) is 17.0. The molecule has 0 bridgehead atoms. The number of aliphatic hydroxyl groups is 1. The maximum Gasteiger partial charge on any atom is 0.257 e. The molecular formula is C24H24N4O2. The van der Waals surface area contributed by atoms with Gasteiger partial charge in [-0.3, -0.25) is 4.79 Å². The third-order valence-corrected chi connectivity index (χ3v) is 4.96. The molecule has 2 aromatic heterocycles. The second-order valence-electron chi connectivity index (χ2n) is 7.28. The number of carbonyl (C=O) groups is 1. The Labute approximate surface area is 175 Å². The molecule has 0 atom stereocenters. The van der Waals surface area contributed by atoms with Crippen molar-refractivity contribution < 1.29 is 9.90 Å². The zero-order valence-corrected chi connectivity index (χ0v) is 17.0. The number of anilines is 2. The zero-order chi connectivity index (χ0) is 21.1. The van der Waals surface area contributed by atoms with E-state index in [9.17, 15) is 4.79 Å². The number of carbonyl (C=O) groups excluding carboxylic acids is 1. The van der Waals surface area contributed by atoms with E-state index in [4.69, 9.17) is 10.1 Å². The van der Waals surface area contributed by atoms with Crippen molar-refractivity contribution in [2.45, 2.75) is 13.8 Å². The van der Waals surface area contributed by atoms with Gasteiger partial charge < -0.3 is 20.1 Å². The third-order valence-electron chi connectivity index (χ3n) is 4.96. The van der Waals surface area contributed by atoms with Crippen molar-refractivity contribution >= 4 is 22.9 Å². The molecule has 4 rings (SSSR count). The predicted molar refractivity (Wildman–Crippen MR) is 120 cm³/mol. The molecule has 0 aliphatic heterocycles. The second-order valence-corrected chi connectivity index (χ2v) is 7.28. The maximum atomic E-state index is 12.8. The molecular weight excluding hydrogens is 376 g/mol. The molecule has 0 radical (unpaired) electrons. The summed E-state index contributed by atoms with van der Waals surface area (Å²) in [6.07, 6.45) is 3.98. The summed E-state index contributed by atoms with van der Waals surface area (Å²) in [7, 11) is 0. The van der Waals surface area contributed by atoms with Gasteiger partial charge in [0.15, 0.2) is 0 Å². The number of rotatable bonds is 6. The minimum absolute atomic E-state index is 0.000946. The summed E-state index contributed by atoms with van der Waals surface area (Å²) in [5, 5.41) is 15.1. The first-order valence-corrected chi connectivity index (χ1v) is 9.86. The first-order valence-electron chi connectivity index (χ1n) is 9.86. The van der Waals surface area contributed by atoms with Gasteiger partial charge in [-0.2, -0.15) is 0 Å². The number of aryl methyl sites for hydroxylation is 2. The molecule has 0 aliphatic rings. The average Bonchev–Trinajstić information content (AvgIpc) is 3.18. The van der Waals surface area contributed by atoms with Gasteiger partial charge in [0.1, 0.15) is 5.65 Å². The van der Waals surface area contributed by atoms with Crippen LogP contribution in [0.25, 0.3) is 16.9 Å². The van der Waals surface area contributed by atoms with E-state index in [1.807, 2.05) is 79.2 Å². The smallest absolute Gasteiger partial charge is 0.257 e. The summed E-state index contributed by atoms with van der Waals surface area (Å²) in [6.45, 7) is 4.39. The van der Waals surface area contributed by atoms with Crippen LogP contribution in [0.3, 0.4) is 0 Å². The summed E-state index contributed by atoms with van der Waals surface area (Å²) in [5.41, 5.74) is 6.92. The largest absolute Gasteiger partial charge is 0.395 e. The van der Waals surface area contributed by atoms with Crippen molar-refractivity contribution in [3.05, 3.63) is 83.7 Å². The number of benzene rings is 2. The van der Waals surface area contributed by atoms with Gasteiger partial charge in [0, 0.05) is 35.9 Å². The summed E-state index contributed by atoms with van der Waals surface area (Å²) in [6, 6.07) is 17.3. The molecule has 0 aliphatic carbocycles. The van der Waals surface area contributed by atoms with Crippen LogP contribution in [0.5, 0.6) is 0 Å². The summed E-state index contributed by atoms with van der Waals surface area (Å²) in [5.74, 6) is -0.202. The maximum absolute atomic E-state index is 12.8. The quantitative estimate of drug-likeness (QED) is 0.452. The predicted octanol–water partition coefficient (Wildman–Crippen LogP) is 4.27. The minimum Gasteiger partial charge on any atom is -0.395 e. The van der Waals surface area contributed by atoms with Crippen molar-refractivity contribution in [2.75, 3.05) is 23.8 Å². The van der Waals surface area contributed by atoms with Crippen LogP contribution >= 0.6 is 0 Å². The highest BCUT2D eigenvalue weighted by Crippen LogP contribution is 2.24. The molecule has 0 fully saturated rings. The number of amides is 1. The number of nitrogens with zero attached hydrogens (tertiary/aromatic N) is 2. The van der Waals surface area contributed by atoms with E-state index in [1.54, 1.807) is 6.07 Å². The number of hydrogen-bond acceptors (Lipinski definition) is 4. The highest BCUT2D eigenvalue weighted by Gasteiger charge is 2.12. The van der Waals surface area contributed by atoms with E-state index in [1.165, 1.54) is 0 Å². The van der Waals surface area contributed by atoms with E-state index in [0.717, 1.165) is 28.0 Å². The van der Waals surface area contributed by atoms with Crippen molar-refractivity contribution in [2.24, 2.45) is 0 Å². The molecule has 3 N–H and O–H groups in total. The normalized spacial score (nSPS) is 10.9. The molecule has 0 saturated carbocycles. The second kappa shape index (κ2) is 8.39. The van der Waals surface area contributed by atoms with E-state index < -0.39 is 0 Å². The number of fused-ring (bicyclic) bond motifs is 1. The van der Waals surface area contributed by atoms with Gasteiger partial charge in [-0.05, 0) is 55.3 Å². The number of aromatic nitrogens is 2. The molecule has 0 saturated heterocycles. The van der Waals surface area contributed by atoms with Crippen LogP contribution in [0.2, 0.25) is 0 Å². The van der Waals surface area contributed by atoms with E-state index in [2.05, 4.69) is 10.6 Å². The van der Waals surface area contributed by atoms with Gasteiger partial charge in [0.2, 0.25) is 0 Å². The number of pyridine rings is 1. The van der Waals surface area contributed by atoms with E-state index in [0.29, 0.717) is 23.5 Å². The Balaban J connectivity index is 1.53. The first kappa shape index (κ1) is 19.7. The highest BCUT2D eigenvalue weighted by atomic mass is 16.3. The molecule has 30 heavy (non-hydrogen) atoms. The molecule has 2 heterocycles. The van der Waals surface area contributed by atoms with Gasteiger partial charge in [-0.15, -0.1) is 0 Å². The van der Waals surface area contributed by atoms with E-state index >= 15 is 0 Å². The number of hydrogen-bond donors (Lipinski definition) is 3. The average molecular weight is 400 g/mol. The van der Waals surface area contributed by atoms with Crippen molar-refractivity contribution in [1.29, 1.82) is 0 Å². The Hall–Kier alpha value is -3.64.